The van der Waals surface area contributed by atoms with Gasteiger partial charge in [0.2, 0.25) is 0 Å². The van der Waals surface area contributed by atoms with Crippen molar-refractivity contribution in [3.8, 4) is 11.5 Å². The van der Waals surface area contributed by atoms with Crippen LogP contribution in [0, 0.1) is 0 Å². The smallest absolute Gasteiger partial charge is 0.124 e. The molecule has 5 heteroatoms. The first-order valence-corrected chi connectivity index (χ1v) is 5.67. The molecule has 0 fully saturated rings. The Morgan fingerprint density at radius 2 is 2.11 bits per heavy atom. The third-order valence-electron chi connectivity index (χ3n) is 2.71. The summed E-state index contributed by atoms with van der Waals surface area (Å²) in [5.74, 6) is 0.136. The summed E-state index contributed by atoms with van der Waals surface area (Å²) >= 11 is 0. The van der Waals surface area contributed by atoms with Crippen LogP contribution in [0.5, 0.6) is 11.5 Å². The van der Waals surface area contributed by atoms with Crippen LogP contribution in [-0.2, 0) is 6.54 Å². The van der Waals surface area contributed by atoms with Crippen molar-refractivity contribution >= 4 is 0 Å². The molecule has 94 valence electrons. The van der Waals surface area contributed by atoms with E-state index in [1.54, 1.807) is 18.3 Å². The average molecular weight is 245 g/mol. The third kappa shape index (κ3) is 2.95. The minimum absolute atomic E-state index is 0.0411. The largest absolute Gasteiger partial charge is 0.508 e. The zero-order valence-electron chi connectivity index (χ0n) is 10.0. The Labute approximate surface area is 105 Å². The molecule has 1 atom stereocenters. The van der Waals surface area contributed by atoms with Gasteiger partial charge in [0.15, 0.2) is 0 Å². The van der Waals surface area contributed by atoms with Crippen LogP contribution in [0.25, 0.3) is 0 Å². The first kappa shape index (κ1) is 12.3. The highest BCUT2D eigenvalue weighted by Gasteiger charge is 2.10. The van der Waals surface area contributed by atoms with E-state index in [4.69, 9.17) is 0 Å². The molecule has 0 bridgehead atoms. The highest BCUT2D eigenvalue weighted by molar-refractivity contribution is 5.40. The minimum atomic E-state index is -0.0411. The number of benzene rings is 1. The summed E-state index contributed by atoms with van der Waals surface area (Å²) < 4.78 is 0. The van der Waals surface area contributed by atoms with Gasteiger partial charge in [0.05, 0.1) is 5.69 Å². The Balaban J connectivity index is 2.01. The summed E-state index contributed by atoms with van der Waals surface area (Å²) in [6.45, 7) is 2.53. The molecular weight excluding hydrogens is 230 g/mol. The molecule has 1 aromatic carbocycles. The zero-order chi connectivity index (χ0) is 13.0. The molecule has 1 heterocycles. The lowest BCUT2D eigenvalue weighted by Gasteiger charge is -2.15. The molecule has 0 aliphatic rings. The SMILES string of the molecule is CC(NCc1ccncn1)c1ccc(O)cc1O. The van der Waals surface area contributed by atoms with Gasteiger partial charge in [-0.25, -0.2) is 9.97 Å². The van der Waals surface area contributed by atoms with Crippen molar-refractivity contribution in [3.63, 3.8) is 0 Å². The molecule has 2 aromatic rings. The van der Waals surface area contributed by atoms with E-state index >= 15 is 0 Å². The molecule has 2 rings (SSSR count). The molecule has 0 saturated heterocycles. The summed E-state index contributed by atoms with van der Waals surface area (Å²) in [5, 5.41) is 22.2. The molecule has 0 radical (unpaired) electrons. The molecule has 0 spiro atoms. The summed E-state index contributed by atoms with van der Waals surface area (Å²) in [5.41, 5.74) is 1.62. The van der Waals surface area contributed by atoms with Crippen molar-refractivity contribution in [2.75, 3.05) is 0 Å². The van der Waals surface area contributed by atoms with Crippen molar-refractivity contribution in [2.45, 2.75) is 19.5 Å². The van der Waals surface area contributed by atoms with Crippen LogP contribution in [0.1, 0.15) is 24.2 Å². The number of hydrogen-bond donors (Lipinski definition) is 3. The first-order valence-electron chi connectivity index (χ1n) is 5.67. The first-order chi connectivity index (χ1) is 8.66. The molecule has 3 N–H and O–H groups in total. The molecule has 1 aromatic heterocycles. The van der Waals surface area contributed by atoms with Crippen LogP contribution >= 0.6 is 0 Å². The number of nitrogens with zero attached hydrogens (tertiary/aromatic N) is 2. The summed E-state index contributed by atoms with van der Waals surface area (Å²) in [6.07, 6.45) is 3.19. The van der Waals surface area contributed by atoms with E-state index in [9.17, 15) is 10.2 Å². The van der Waals surface area contributed by atoms with Crippen LogP contribution in [0.2, 0.25) is 0 Å². The highest BCUT2D eigenvalue weighted by Crippen LogP contribution is 2.27. The number of aromatic nitrogens is 2. The predicted molar refractivity (Wildman–Crippen MR) is 67.1 cm³/mol. The standard InChI is InChI=1S/C13H15N3O2/c1-9(12-3-2-11(17)6-13(12)18)15-7-10-4-5-14-8-16-10/h2-6,8-9,15,17-18H,7H2,1H3. The van der Waals surface area contributed by atoms with Crippen LogP contribution in [0.3, 0.4) is 0 Å². The topological polar surface area (TPSA) is 78.3 Å². The van der Waals surface area contributed by atoms with Gasteiger partial charge in [0, 0.05) is 30.4 Å². The number of nitrogens with one attached hydrogen (secondary N) is 1. The van der Waals surface area contributed by atoms with E-state index in [1.807, 2.05) is 13.0 Å². The van der Waals surface area contributed by atoms with Gasteiger partial charge in [-0.3, -0.25) is 0 Å². The van der Waals surface area contributed by atoms with Crippen LogP contribution < -0.4 is 5.32 Å². The number of phenolic OH excluding ortho intramolecular Hbond substituents is 2. The van der Waals surface area contributed by atoms with Crippen molar-refractivity contribution in [2.24, 2.45) is 0 Å². The fourth-order valence-electron chi connectivity index (χ4n) is 1.69. The van der Waals surface area contributed by atoms with Crippen molar-refractivity contribution in [1.29, 1.82) is 0 Å². The molecule has 5 nitrogen and oxygen atoms in total. The monoisotopic (exact) mass is 245 g/mol. The molecule has 18 heavy (non-hydrogen) atoms. The Morgan fingerprint density at radius 1 is 1.28 bits per heavy atom. The fraction of sp³-hybridized carbons (Fsp3) is 0.231. The van der Waals surface area contributed by atoms with Gasteiger partial charge in [-0.05, 0) is 19.1 Å². The second-order valence-corrected chi connectivity index (χ2v) is 4.05. The molecule has 0 aliphatic carbocycles. The molecule has 1 unspecified atom stereocenters. The fourth-order valence-corrected chi connectivity index (χ4v) is 1.69. The van der Waals surface area contributed by atoms with Gasteiger partial charge in [-0.15, -0.1) is 0 Å². The molecular formula is C13H15N3O2. The number of hydrogen-bond acceptors (Lipinski definition) is 5. The van der Waals surface area contributed by atoms with Crippen LogP contribution in [0.15, 0.2) is 36.8 Å². The number of rotatable bonds is 4. The lowest BCUT2D eigenvalue weighted by atomic mass is 10.1. The third-order valence-corrected chi connectivity index (χ3v) is 2.71. The van der Waals surface area contributed by atoms with E-state index < -0.39 is 0 Å². The summed E-state index contributed by atoms with van der Waals surface area (Å²) in [7, 11) is 0. The normalized spacial score (nSPS) is 12.3. The van der Waals surface area contributed by atoms with E-state index in [2.05, 4.69) is 15.3 Å². The molecule has 0 amide bonds. The Kier molecular flexibility index (Phi) is 3.74. The maximum atomic E-state index is 9.73. The number of aromatic hydroxyl groups is 2. The van der Waals surface area contributed by atoms with Crippen molar-refractivity contribution in [1.82, 2.24) is 15.3 Å². The zero-order valence-corrected chi connectivity index (χ0v) is 10.0. The minimum Gasteiger partial charge on any atom is -0.508 e. The van der Waals surface area contributed by atoms with Gasteiger partial charge >= 0.3 is 0 Å². The van der Waals surface area contributed by atoms with Gasteiger partial charge in [-0.2, -0.15) is 0 Å². The summed E-state index contributed by atoms with van der Waals surface area (Å²) in [6, 6.07) is 6.37. The van der Waals surface area contributed by atoms with E-state index in [0.29, 0.717) is 6.54 Å². The lowest BCUT2D eigenvalue weighted by molar-refractivity contribution is 0.435. The van der Waals surface area contributed by atoms with Gasteiger partial charge < -0.3 is 15.5 Å². The quantitative estimate of drug-likeness (QED) is 0.764. The number of phenols is 2. The second kappa shape index (κ2) is 5.46. The maximum Gasteiger partial charge on any atom is 0.124 e. The lowest BCUT2D eigenvalue weighted by Crippen LogP contribution is -2.18. The van der Waals surface area contributed by atoms with Crippen molar-refractivity contribution < 1.29 is 10.2 Å². The Hall–Kier alpha value is -2.14. The second-order valence-electron chi connectivity index (χ2n) is 4.05. The van der Waals surface area contributed by atoms with E-state index in [-0.39, 0.29) is 17.5 Å². The van der Waals surface area contributed by atoms with E-state index in [0.717, 1.165) is 11.3 Å². The molecule has 0 aliphatic heterocycles. The Morgan fingerprint density at radius 3 is 2.78 bits per heavy atom. The predicted octanol–water partition coefficient (Wildman–Crippen LogP) is 1.74. The highest BCUT2D eigenvalue weighted by atomic mass is 16.3. The van der Waals surface area contributed by atoms with Gasteiger partial charge in [0.1, 0.15) is 17.8 Å². The van der Waals surface area contributed by atoms with Gasteiger partial charge in [0.25, 0.3) is 0 Å². The average Bonchev–Trinajstić information content (AvgIpc) is 2.37. The van der Waals surface area contributed by atoms with E-state index in [1.165, 1.54) is 12.4 Å². The van der Waals surface area contributed by atoms with Crippen LogP contribution in [0.4, 0.5) is 0 Å². The van der Waals surface area contributed by atoms with Gasteiger partial charge in [-0.1, -0.05) is 6.07 Å². The van der Waals surface area contributed by atoms with Crippen LogP contribution in [-0.4, -0.2) is 20.2 Å². The maximum absolute atomic E-state index is 9.73. The summed E-state index contributed by atoms with van der Waals surface area (Å²) in [4.78, 5) is 7.95. The molecule has 0 saturated carbocycles. The van der Waals surface area contributed by atoms with Crippen molar-refractivity contribution in [3.05, 3.63) is 48.0 Å². The Bertz CT molecular complexity index is 517.